The standard InChI is InChI=1S/C26H23ClF3N5OS/c1-34-18-5-6-19(34)13-35(12-18)25-32-24(36)23(37-25)20(14-3-7-22-16(8-14)11-31-33-22)9-15-2-4-17(27)10-21(15)26(28,29)30/h2-4,7-8,10-11,18-19H,5-6,9,12-13H2,1H3,(H,31,33). The maximum Gasteiger partial charge on any atom is 0.416 e. The van der Waals surface area contributed by atoms with Crippen molar-refractivity contribution in [3.63, 3.8) is 0 Å². The Morgan fingerprint density at radius 3 is 2.65 bits per heavy atom. The summed E-state index contributed by atoms with van der Waals surface area (Å²) < 4.78 is 41.8. The average Bonchev–Trinajstić information content (AvgIpc) is 3.52. The molecule has 2 fully saturated rings. The zero-order valence-electron chi connectivity index (χ0n) is 19.8. The molecule has 2 bridgehead atoms. The number of amides is 1. The van der Waals surface area contributed by atoms with Gasteiger partial charge in [-0.15, -0.1) is 0 Å². The zero-order chi connectivity index (χ0) is 25.9. The summed E-state index contributed by atoms with van der Waals surface area (Å²) in [5, 5.41) is 8.36. The number of nitrogens with zero attached hydrogens (tertiary/aromatic N) is 4. The van der Waals surface area contributed by atoms with Crippen LogP contribution in [0.25, 0.3) is 16.5 Å². The highest BCUT2D eigenvalue weighted by atomic mass is 35.5. The minimum absolute atomic E-state index is 0.00623. The highest BCUT2D eigenvalue weighted by Crippen LogP contribution is 2.41. The number of thioether (sulfide) groups is 1. The van der Waals surface area contributed by atoms with E-state index in [0.717, 1.165) is 42.9 Å². The molecule has 0 aliphatic carbocycles. The minimum atomic E-state index is -4.59. The highest BCUT2D eigenvalue weighted by molar-refractivity contribution is 8.18. The van der Waals surface area contributed by atoms with E-state index in [9.17, 15) is 18.0 Å². The zero-order valence-corrected chi connectivity index (χ0v) is 21.4. The van der Waals surface area contributed by atoms with Crippen LogP contribution in [0.3, 0.4) is 0 Å². The van der Waals surface area contributed by atoms with E-state index < -0.39 is 17.6 Å². The molecule has 3 aliphatic heterocycles. The molecule has 1 amide bonds. The first-order chi connectivity index (χ1) is 17.7. The van der Waals surface area contributed by atoms with Crippen LogP contribution >= 0.6 is 23.4 Å². The van der Waals surface area contributed by atoms with Gasteiger partial charge in [0.25, 0.3) is 5.91 Å². The summed E-state index contributed by atoms with van der Waals surface area (Å²) in [7, 11) is 2.13. The molecule has 0 saturated carbocycles. The predicted octanol–water partition coefficient (Wildman–Crippen LogP) is 5.60. The summed E-state index contributed by atoms with van der Waals surface area (Å²) in [6.45, 7) is 1.57. The third kappa shape index (κ3) is 4.55. The van der Waals surface area contributed by atoms with Gasteiger partial charge in [-0.05, 0) is 79.0 Å². The molecule has 4 heterocycles. The summed E-state index contributed by atoms with van der Waals surface area (Å²) in [6.07, 6.45) is -0.813. The number of halogens is 4. The first kappa shape index (κ1) is 24.5. The van der Waals surface area contributed by atoms with Gasteiger partial charge in [0.05, 0.1) is 22.2 Å². The number of likely N-dealkylation sites (N-methyl/N-ethyl adjacent to an activating group) is 1. The molecule has 192 valence electrons. The van der Waals surface area contributed by atoms with Crippen molar-refractivity contribution in [2.24, 2.45) is 4.99 Å². The van der Waals surface area contributed by atoms with Crippen LogP contribution in [0.4, 0.5) is 13.2 Å². The molecule has 3 aromatic rings. The van der Waals surface area contributed by atoms with Crippen LogP contribution in [0.5, 0.6) is 0 Å². The number of benzene rings is 2. The number of H-pyrrole nitrogens is 1. The number of rotatable bonds is 3. The number of fused-ring (bicyclic) bond motifs is 3. The van der Waals surface area contributed by atoms with Crippen molar-refractivity contribution in [2.75, 3.05) is 20.1 Å². The molecular weight excluding hydrogens is 523 g/mol. The van der Waals surface area contributed by atoms with E-state index in [4.69, 9.17) is 11.6 Å². The van der Waals surface area contributed by atoms with E-state index in [1.165, 1.54) is 23.9 Å². The number of carbonyl (C=O) groups is 1. The normalized spacial score (nSPS) is 23.8. The second-order valence-corrected chi connectivity index (χ2v) is 11.1. The maximum atomic E-state index is 13.9. The van der Waals surface area contributed by atoms with E-state index in [1.54, 1.807) is 12.3 Å². The fourth-order valence-electron chi connectivity index (χ4n) is 5.49. The molecule has 2 saturated heterocycles. The van der Waals surface area contributed by atoms with Crippen molar-refractivity contribution in [3.8, 4) is 0 Å². The lowest BCUT2D eigenvalue weighted by atomic mass is 9.93. The van der Waals surface area contributed by atoms with E-state index in [1.807, 2.05) is 12.1 Å². The number of nitrogens with one attached hydrogen (secondary N) is 1. The molecule has 1 aromatic heterocycles. The first-order valence-corrected chi connectivity index (χ1v) is 13.2. The fourth-order valence-corrected chi connectivity index (χ4v) is 6.70. The van der Waals surface area contributed by atoms with Crippen LogP contribution in [0.1, 0.15) is 29.5 Å². The number of allylic oxidation sites excluding steroid dienone is 1. The van der Waals surface area contributed by atoms with Gasteiger partial charge in [-0.3, -0.25) is 14.8 Å². The Hall–Kier alpha value is -2.82. The van der Waals surface area contributed by atoms with Crippen LogP contribution < -0.4 is 0 Å². The Morgan fingerprint density at radius 2 is 1.92 bits per heavy atom. The number of aliphatic imine (C=N–C) groups is 1. The predicted molar refractivity (Wildman–Crippen MR) is 139 cm³/mol. The van der Waals surface area contributed by atoms with Crippen LogP contribution in [0, 0.1) is 0 Å². The number of piperazine rings is 1. The third-order valence-electron chi connectivity index (χ3n) is 7.51. The number of aromatic nitrogens is 2. The van der Waals surface area contributed by atoms with Gasteiger partial charge in [-0.1, -0.05) is 23.7 Å². The Balaban J connectivity index is 1.41. The lowest BCUT2D eigenvalue weighted by Crippen LogP contribution is -2.52. The quantitative estimate of drug-likeness (QED) is 0.434. The van der Waals surface area contributed by atoms with Crippen molar-refractivity contribution in [1.82, 2.24) is 20.0 Å². The van der Waals surface area contributed by atoms with E-state index in [-0.39, 0.29) is 17.0 Å². The number of hydrogen-bond acceptors (Lipinski definition) is 5. The molecule has 6 nitrogen and oxygen atoms in total. The molecule has 2 atom stereocenters. The second-order valence-electron chi connectivity index (χ2n) is 9.71. The summed E-state index contributed by atoms with van der Waals surface area (Å²) in [6, 6.07) is 10.0. The molecule has 37 heavy (non-hydrogen) atoms. The topological polar surface area (TPSA) is 64.6 Å². The van der Waals surface area contributed by atoms with Crippen molar-refractivity contribution >= 4 is 50.9 Å². The van der Waals surface area contributed by atoms with Gasteiger partial charge < -0.3 is 4.90 Å². The molecule has 2 aromatic carbocycles. The van der Waals surface area contributed by atoms with Gasteiger partial charge in [-0.25, -0.2) is 0 Å². The third-order valence-corrected chi connectivity index (χ3v) is 8.90. The monoisotopic (exact) mass is 545 g/mol. The number of likely N-dealkylation sites (tertiary alicyclic amines) is 1. The molecule has 11 heteroatoms. The molecule has 6 rings (SSSR count). The Labute approximate surface area is 220 Å². The lowest BCUT2D eigenvalue weighted by Gasteiger charge is -2.39. The maximum absolute atomic E-state index is 13.9. The Bertz CT molecular complexity index is 1450. The van der Waals surface area contributed by atoms with Crippen LogP contribution in [-0.4, -0.2) is 63.3 Å². The van der Waals surface area contributed by atoms with Crippen LogP contribution in [-0.2, 0) is 17.4 Å². The Morgan fingerprint density at radius 1 is 1.16 bits per heavy atom. The molecule has 0 spiro atoms. The summed E-state index contributed by atoms with van der Waals surface area (Å²) in [4.78, 5) is 22.5. The molecule has 0 radical (unpaired) electrons. The summed E-state index contributed by atoms with van der Waals surface area (Å²) >= 11 is 7.18. The van der Waals surface area contributed by atoms with Gasteiger partial charge in [0.2, 0.25) is 0 Å². The van der Waals surface area contributed by atoms with Gasteiger partial charge in [-0.2, -0.15) is 23.3 Å². The first-order valence-electron chi connectivity index (χ1n) is 12.0. The van der Waals surface area contributed by atoms with Gasteiger partial charge in [0.15, 0.2) is 5.17 Å². The van der Waals surface area contributed by atoms with Crippen LogP contribution in [0.15, 0.2) is 52.5 Å². The smallest absolute Gasteiger partial charge is 0.348 e. The Kier molecular flexibility index (Phi) is 6.08. The van der Waals surface area contributed by atoms with Gasteiger partial charge in [0.1, 0.15) is 0 Å². The fraction of sp³-hybridized carbons (Fsp3) is 0.346. The van der Waals surface area contributed by atoms with E-state index >= 15 is 0 Å². The summed E-state index contributed by atoms with van der Waals surface area (Å²) in [5.74, 6) is -0.420. The van der Waals surface area contributed by atoms with Crippen LogP contribution in [0.2, 0.25) is 5.02 Å². The molecule has 3 aliphatic rings. The van der Waals surface area contributed by atoms with Gasteiger partial charge >= 0.3 is 6.18 Å². The molecule has 1 N–H and O–H groups in total. The SMILES string of the molecule is CN1C2CCC1CN(C1=NC(=O)C(=C(Cc3ccc(Cl)cc3C(F)(F)F)c3ccc4[nH]ncc4c3)S1)C2. The number of amidine groups is 1. The largest absolute Gasteiger partial charge is 0.416 e. The second kappa shape index (κ2) is 9.18. The molecule has 2 unspecified atom stereocenters. The highest BCUT2D eigenvalue weighted by Gasteiger charge is 2.41. The van der Waals surface area contributed by atoms with Gasteiger partial charge in [0, 0.05) is 35.6 Å². The number of alkyl halides is 3. The molecular formula is C26H23ClF3N5OS. The number of carbonyl (C=O) groups excluding carboxylic acids is 1. The number of hydrogen-bond donors (Lipinski definition) is 1. The van der Waals surface area contributed by atoms with Crippen molar-refractivity contribution in [3.05, 3.63) is 69.2 Å². The van der Waals surface area contributed by atoms with E-state index in [0.29, 0.717) is 33.3 Å². The van der Waals surface area contributed by atoms with Crippen molar-refractivity contribution in [2.45, 2.75) is 37.5 Å². The van der Waals surface area contributed by atoms with Crippen molar-refractivity contribution < 1.29 is 18.0 Å². The van der Waals surface area contributed by atoms with E-state index in [2.05, 4.69) is 32.0 Å². The lowest BCUT2D eigenvalue weighted by molar-refractivity contribution is -0.138. The number of aromatic amines is 1. The van der Waals surface area contributed by atoms with Crippen molar-refractivity contribution in [1.29, 1.82) is 0 Å². The average molecular weight is 546 g/mol. The summed E-state index contributed by atoms with van der Waals surface area (Å²) in [5.41, 5.74) is 1.19. The minimum Gasteiger partial charge on any atom is -0.348 e.